The number of halogens is 1. The van der Waals surface area contributed by atoms with Gasteiger partial charge in [0.15, 0.2) is 0 Å². The van der Waals surface area contributed by atoms with E-state index in [0.29, 0.717) is 22.2 Å². The molecule has 0 radical (unpaired) electrons. The molecule has 0 spiro atoms. The maximum absolute atomic E-state index is 12.7. The third-order valence-corrected chi connectivity index (χ3v) is 4.54. The van der Waals surface area contributed by atoms with Crippen molar-refractivity contribution in [3.63, 3.8) is 0 Å². The minimum atomic E-state index is -0.559. The van der Waals surface area contributed by atoms with E-state index in [-0.39, 0.29) is 17.7 Å². The number of hydrogen-bond donors (Lipinski definition) is 2. The second-order valence-corrected chi connectivity index (χ2v) is 6.31. The Hall–Kier alpha value is -1.95. The van der Waals surface area contributed by atoms with E-state index in [1.54, 1.807) is 12.1 Å². The molecule has 0 bridgehead atoms. The van der Waals surface area contributed by atoms with E-state index in [2.05, 4.69) is 10.6 Å². The highest BCUT2D eigenvalue weighted by atomic mass is 35.5. The van der Waals surface area contributed by atoms with Crippen molar-refractivity contribution >= 4 is 29.1 Å². The first-order valence-electron chi connectivity index (χ1n) is 7.95. The smallest absolute Gasteiger partial charge is 0.247 e. The SMILES string of the molecule is COc1cc(NC(=O)[C@H](NC(C)=O)C2CCCC2)c(OC)cc1Cl. The number of amides is 2. The van der Waals surface area contributed by atoms with Gasteiger partial charge >= 0.3 is 0 Å². The monoisotopic (exact) mass is 354 g/mol. The summed E-state index contributed by atoms with van der Waals surface area (Å²) in [6.07, 6.45) is 4.01. The summed E-state index contributed by atoms with van der Waals surface area (Å²) < 4.78 is 10.5. The molecular weight excluding hydrogens is 332 g/mol. The average molecular weight is 355 g/mol. The third-order valence-electron chi connectivity index (χ3n) is 4.24. The number of carbonyl (C=O) groups excluding carboxylic acids is 2. The van der Waals surface area contributed by atoms with Crippen LogP contribution in [0.25, 0.3) is 0 Å². The van der Waals surface area contributed by atoms with Crippen LogP contribution in [0, 0.1) is 5.92 Å². The number of anilines is 1. The molecule has 0 saturated heterocycles. The molecule has 1 fully saturated rings. The van der Waals surface area contributed by atoms with Crippen LogP contribution in [0.15, 0.2) is 12.1 Å². The zero-order valence-electron chi connectivity index (χ0n) is 14.1. The zero-order valence-corrected chi connectivity index (χ0v) is 14.9. The van der Waals surface area contributed by atoms with Crippen LogP contribution in [0.1, 0.15) is 32.6 Å². The van der Waals surface area contributed by atoms with E-state index in [1.165, 1.54) is 21.1 Å². The molecule has 1 atom stereocenters. The van der Waals surface area contributed by atoms with Crippen molar-refractivity contribution in [2.45, 2.75) is 38.6 Å². The lowest BCUT2D eigenvalue weighted by atomic mass is 9.97. The van der Waals surface area contributed by atoms with Gasteiger partial charge in [-0.05, 0) is 18.8 Å². The highest BCUT2D eigenvalue weighted by Gasteiger charge is 2.31. The number of benzene rings is 1. The molecule has 1 aromatic rings. The Morgan fingerprint density at radius 3 is 2.33 bits per heavy atom. The first-order chi connectivity index (χ1) is 11.5. The van der Waals surface area contributed by atoms with Crippen LogP contribution in [0.3, 0.4) is 0 Å². The fourth-order valence-corrected chi connectivity index (χ4v) is 3.31. The van der Waals surface area contributed by atoms with Gasteiger partial charge in [-0.1, -0.05) is 24.4 Å². The quantitative estimate of drug-likeness (QED) is 0.823. The molecule has 1 aliphatic rings. The first kappa shape index (κ1) is 18.4. The second-order valence-electron chi connectivity index (χ2n) is 5.90. The van der Waals surface area contributed by atoms with Gasteiger partial charge < -0.3 is 20.1 Å². The molecule has 2 N–H and O–H groups in total. The van der Waals surface area contributed by atoms with Gasteiger partial charge in [0.1, 0.15) is 17.5 Å². The van der Waals surface area contributed by atoms with E-state index in [9.17, 15) is 9.59 Å². The van der Waals surface area contributed by atoms with Crippen LogP contribution < -0.4 is 20.1 Å². The maximum Gasteiger partial charge on any atom is 0.247 e. The van der Waals surface area contributed by atoms with Gasteiger partial charge in [-0.25, -0.2) is 0 Å². The van der Waals surface area contributed by atoms with Crippen LogP contribution in [-0.2, 0) is 9.59 Å². The molecule has 2 amide bonds. The van der Waals surface area contributed by atoms with Crippen LogP contribution >= 0.6 is 11.6 Å². The van der Waals surface area contributed by atoms with Gasteiger partial charge in [-0.2, -0.15) is 0 Å². The fourth-order valence-electron chi connectivity index (χ4n) is 3.08. The van der Waals surface area contributed by atoms with Crippen LogP contribution in [-0.4, -0.2) is 32.1 Å². The summed E-state index contributed by atoms with van der Waals surface area (Å²) in [5, 5.41) is 5.99. The average Bonchev–Trinajstić information content (AvgIpc) is 3.07. The zero-order chi connectivity index (χ0) is 17.7. The van der Waals surface area contributed by atoms with Crippen molar-refractivity contribution in [1.82, 2.24) is 5.32 Å². The van der Waals surface area contributed by atoms with Gasteiger partial charge in [0.2, 0.25) is 11.8 Å². The molecule has 132 valence electrons. The highest BCUT2D eigenvalue weighted by molar-refractivity contribution is 6.32. The number of nitrogens with one attached hydrogen (secondary N) is 2. The molecule has 7 heteroatoms. The first-order valence-corrected chi connectivity index (χ1v) is 8.33. The van der Waals surface area contributed by atoms with Gasteiger partial charge in [0, 0.05) is 19.1 Å². The number of rotatable bonds is 6. The fraction of sp³-hybridized carbons (Fsp3) is 0.529. The standard InChI is InChI=1S/C17H23ClN2O4/c1-10(21)19-16(11-6-4-5-7-11)17(22)20-13-9-14(23-2)12(18)8-15(13)24-3/h8-9,11,16H,4-7H2,1-3H3,(H,19,21)(H,20,22)/t16-/m1/s1. The predicted octanol–water partition coefficient (Wildman–Crippen LogP) is 2.99. The number of methoxy groups -OCH3 is 2. The molecule has 1 aromatic carbocycles. The topological polar surface area (TPSA) is 76.7 Å². The summed E-state index contributed by atoms with van der Waals surface area (Å²) in [5.74, 6) is 0.531. The van der Waals surface area contributed by atoms with Gasteiger partial charge in [-0.15, -0.1) is 0 Å². The summed E-state index contributed by atoms with van der Waals surface area (Å²) in [4.78, 5) is 24.2. The lowest BCUT2D eigenvalue weighted by Crippen LogP contribution is -2.47. The van der Waals surface area contributed by atoms with Crippen molar-refractivity contribution in [1.29, 1.82) is 0 Å². The Morgan fingerprint density at radius 2 is 1.79 bits per heavy atom. The van der Waals surface area contributed by atoms with E-state index in [4.69, 9.17) is 21.1 Å². The molecule has 1 saturated carbocycles. The summed E-state index contributed by atoms with van der Waals surface area (Å²) in [6.45, 7) is 1.42. The molecule has 0 unspecified atom stereocenters. The van der Waals surface area contributed by atoms with Crippen molar-refractivity contribution in [2.24, 2.45) is 5.92 Å². The Balaban J connectivity index is 2.23. The molecular formula is C17H23ClN2O4. The molecule has 6 nitrogen and oxygen atoms in total. The summed E-state index contributed by atoms with van der Waals surface area (Å²) in [6, 6.07) is 2.63. The van der Waals surface area contributed by atoms with Crippen LogP contribution in [0.4, 0.5) is 5.69 Å². The Labute approximate surface area is 146 Å². The van der Waals surface area contributed by atoms with Crippen molar-refractivity contribution < 1.29 is 19.1 Å². The maximum atomic E-state index is 12.7. The molecule has 1 aliphatic carbocycles. The second kappa shape index (κ2) is 8.24. The predicted molar refractivity (Wildman–Crippen MR) is 92.7 cm³/mol. The molecule has 0 heterocycles. The molecule has 0 aliphatic heterocycles. The largest absolute Gasteiger partial charge is 0.495 e. The van der Waals surface area contributed by atoms with Crippen LogP contribution in [0.5, 0.6) is 11.5 Å². The van der Waals surface area contributed by atoms with E-state index >= 15 is 0 Å². The van der Waals surface area contributed by atoms with Crippen molar-refractivity contribution in [3.05, 3.63) is 17.2 Å². The molecule has 2 rings (SSSR count). The summed E-state index contributed by atoms with van der Waals surface area (Å²) in [5.41, 5.74) is 0.456. The van der Waals surface area contributed by atoms with E-state index < -0.39 is 6.04 Å². The number of hydrogen-bond acceptors (Lipinski definition) is 4. The third kappa shape index (κ3) is 4.32. The van der Waals surface area contributed by atoms with Crippen molar-refractivity contribution in [2.75, 3.05) is 19.5 Å². The molecule has 0 aromatic heterocycles. The lowest BCUT2D eigenvalue weighted by molar-refractivity contribution is -0.126. The normalized spacial score (nSPS) is 15.7. The van der Waals surface area contributed by atoms with Gasteiger partial charge in [-0.3, -0.25) is 9.59 Å². The summed E-state index contributed by atoms with van der Waals surface area (Å²) in [7, 11) is 2.99. The Kier molecular flexibility index (Phi) is 6.31. The minimum absolute atomic E-state index is 0.147. The van der Waals surface area contributed by atoms with E-state index in [0.717, 1.165) is 25.7 Å². The van der Waals surface area contributed by atoms with Crippen molar-refractivity contribution in [3.8, 4) is 11.5 Å². The van der Waals surface area contributed by atoms with Crippen LogP contribution in [0.2, 0.25) is 5.02 Å². The number of carbonyl (C=O) groups is 2. The lowest BCUT2D eigenvalue weighted by Gasteiger charge is -2.24. The van der Waals surface area contributed by atoms with Gasteiger partial charge in [0.05, 0.1) is 24.9 Å². The Bertz CT molecular complexity index is 615. The minimum Gasteiger partial charge on any atom is -0.495 e. The highest BCUT2D eigenvalue weighted by Crippen LogP contribution is 2.36. The Morgan fingerprint density at radius 1 is 1.17 bits per heavy atom. The van der Waals surface area contributed by atoms with E-state index in [1.807, 2.05) is 0 Å². The summed E-state index contributed by atoms with van der Waals surface area (Å²) >= 11 is 6.08. The molecule has 24 heavy (non-hydrogen) atoms. The van der Waals surface area contributed by atoms with Gasteiger partial charge in [0.25, 0.3) is 0 Å². The number of ether oxygens (including phenoxy) is 2.